The average Bonchev–Trinajstić information content (AvgIpc) is 3.26. The number of hydrogen-bond donors (Lipinski definition) is 4. The van der Waals surface area contributed by atoms with Crippen molar-refractivity contribution in [1.82, 2.24) is 10.1 Å². The Morgan fingerprint density at radius 2 is 1.97 bits per heavy atom. The number of halogens is 3. The minimum Gasteiger partial charge on any atom is -0.386 e. The molecule has 2 aromatic rings. The molecule has 8 nitrogen and oxygen atoms in total. The van der Waals surface area contributed by atoms with Crippen molar-refractivity contribution in [2.45, 2.75) is 30.7 Å². The topological polar surface area (TPSA) is 130 Å². The first-order valence-corrected chi connectivity index (χ1v) is 10.4. The van der Waals surface area contributed by atoms with Crippen LogP contribution in [0.15, 0.2) is 41.1 Å². The summed E-state index contributed by atoms with van der Waals surface area (Å²) in [5.41, 5.74) is 4.62. The lowest BCUT2D eigenvalue weighted by Gasteiger charge is -2.28. The lowest BCUT2D eigenvalue weighted by molar-refractivity contribution is -0.111. The maximum atomic E-state index is 13.9. The van der Waals surface area contributed by atoms with Crippen LogP contribution in [0.25, 0.3) is 5.57 Å². The number of hydrogen-bond acceptors (Lipinski definition) is 7. The average molecular weight is 477 g/mol. The first-order valence-electron chi connectivity index (χ1n) is 9.18. The van der Waals surface area contributed by atoms with Gasteiger partial charge in [0.1, 0.15) is 20.0 Å². The van der Waals surface area contributed by atoms with Gasteiger partial charge in [0, 0.05) is 24.0 Å². The van der Waals surface area contributed by atoms with Gasteiger partial charge in [0.25, 0.3) is 11.8 Å². The van der Waals surface area contributed by atoms with Gasteiger partial charge in [-0.1, -0.05) is 52.8 Å². The summed E-state index contributed by atoms with van der Waals surface area (Å²) in [6.45, 7) is 0. The van der Waals surface area contributed by atoms with E-state index in [0.717, 1.165) is 11.3 Å². The van der Waals surface area contributed by atoms with E-state index < -0.39 is 23.8 Å². The number of hydrazine groups is 1. The van der Waals surface area contributed by atoms with Crippen molar-refractivity contribution in [3.8, 4) is 0 Å². The van der Waals surface area contributed by atoms with Gasteiger partial charge >= 0.3 is 0 Å². The van der Waals surface area contributed by atoms with E-state index in [4.69, 9.17) is 38.9 Å². The Balaban J connectivity index is 1.93. The molecule has 0 saturated heterocycles. The molecule has 1 aliphatic rings. The summed E-state index contributed by atoms with van der Waals surface area (Å²) in [6.07, 6.45) is 0.591. The molecule has 1 fully saturated rings. The third-order valence-electron chi connectivity index (χ3n) is 4.59. The highest BCUT2D eigenvalue weighted by molar-refractivity contribution is 7.19. The number of thiazole rings is 1. The lowest BCUT2D eigenvalue weighted by atomic mass is 9.73. The minimum atomic E-state index is -2.88. The lowest BCUT2D eigenvalue weighted by Crippen LogP contribution is -2.51. The molecule has 1 aromatic heterocycles. The predicted molar refractivity (Wildman–Crippen MR) is 121 cm³/mol. The van der Waals surface area contributed by atoms with Gasteiger partial charge in [-0.15, -0.1) is 5.10 Å². The number of anilines is 1. The Labute approximate surface area is 194 Å². The third kappa shape index (κ3) is 5.85. The molecule has 0 unspecified atom stereocenters. The summed E-state index contributed by atoms with van der Waals surface area (Å²) < 4.78 is 28.1. The molecule has 6 N–H and O–H groups in total. The number of alkyl halides is 2. The highest BCUT2D eigenvalue weighted by Crippen LogP contribution is 2.42. The number of nitrogens with zero attached hydrogens (tertiary/aromatic N) is 3. The van der Waals surface area contributed by atoms with Crippen molar-refractivity contribution >= 4 is 61.1 Å². The van der Waals surface area contributed by atoms with Crippen molar-refractivity contribution in [2.24, 2.45) is 16.7 Å². The summed E-state index contributed by atoms with van der Waals surface area (Å²) in [4.78, 5) is 16.9. The van der Waals surface area contributed by atoms with Crippen molar-refractivity contribution < 1.29 is 18.7 Å². The van der Waals surface area contributed by atoms with E-state index in [-0.39, 0.29) is 29.4 Å². The van der Waals surface area contributed by atoms with Gasteiger partial charge < -0.3 is 10.8 Å². The van der Waals surface area contributed by atoms with Crippen molar-refractivity contribution in [3.63, 3.8) is 0 Å². The van der Waals surface area contributed by atoms with E-state index in [1.165, 1.54) is 30.5 Å². The number of aromatic nitrogens is 1. The summed E-state index contributed by atoms with van der Waals surface area (Å²) >= 11 is 6.89. The van der Waals surface area contributed by atoms with Crippen LogP contribution >= 0.6 is 22.9 Å². The van der Waals surface area contributed by atoms with Gasteiger partial charge in [-0.3, -0.25) is 10.1 Å². The van der Waals surface area contributed by atoms with Gasteiger partial charge in [-0.2, -0.15) is 0 Å². The molecule has 0 spiro atoms. The number of amides is 1. The second-order valence-corrected chi connectivity index (χ2v) is 8.79. The molecular formula is C18H17B2ClF2N6O2S. The maximum absolute atomic E-state index is 13.9. The molecule has 164 valence electrons. The number of aliphatic hydroxyl groups is 1. The Hall–Kier alpha value is -2.47. The molecule has 32 heavy (non-hydrogen) atoms. The molecule has 1 amide bonds. The SMILES string of the molecule is [B]C([B])(O)N(N)/N=C(\N)c1ccc(/C(C(=O)Nc2ncc(Cl)s2)=C2/CCC(F)(F)C2)cc1. The summed E-state index contributed by atoms with van der Waals surface area (Å²) in [7, 11) is 10.4. The van der Waals surface area contributed by atoms with E-state index in [9.17, 15) is 18.7 Å². The van der Waals surface area contributed by atoms with Crippen molar-refractivity contribution in [3.05, 3.63) is 51.5 Å². The van der Waals surface area contributed by atoms with Gasteiger partial charge in [-0.25, -0.2) is 24.7 Å². The first kappa shape index (κ1) is 24.2. The van der Waals surface area contributed by atoms with Crippen LogP contribution in [0.5, 0.6) is 0 Å². The van der Waals surface area contributed by atoms with E-state index in [1.54, 1.807) is 0 Å². The van der Waals surface area contributed by atoms with Crippen LogP contribution in [-0.4, -0.2) is 54.1 Å². The monoisotopic (exact) mass is 476 g/mol. The number of carbonyl (C=O) groups is 1. The Morgan fingerprint density at radius 1 is 1.34 bits per heavy atom. The first-order chi connectivity index (χ1) is 14.9. The molecule has 0 atom stereocenters. The van der Waals surface area contributed by atoms with Crippen LogP contribution in [0.3, 0.4) is 0 Å². The Bertz CT molecular complexity index is 1070. The van der Waals surface area contributed by atoms with Gasteiger partial charge in [0.15, 0.2) is 11.0 Å². The van der Waals surface area contributed by atoms with Crippen LogP contribution in [0.1, 0.15) is 30.4 Å². The molecule has 1 aliphatic carbocycles. The molecule has 14 heteroatoms. The molecular weight excluding hydrogens is 459 g/mol. The fourth-order valence-electron chi connectivity index (χ4n) is 3.07. The van der Waals surface area contributed by atoms with Crippen molar-refractivity contribution in [1.29, 1.82) is 0 Å². The van der Waals surface area contributed by atoms with Crippen molar-refractivity contribution in [2.75, 3.05) is 5.32 Å². The van der Waals surface area contributed by atoms with E-state index in [1.807, 2.05) is 0 Å². The number of carbonyl (C=O) groups excluding carboxylic acids is 1. The fraction of sp³-hybridized carbons (Fsp3) is 0.278. The Kier molecular flexibility index (Phi) is 6.94. The summed E-state index contributed by atoms with van der Waals surface area (Å²) in [6, 6.07) is 6.08. The van der Waals surface area contributed by atoms with Gasteiger partial charge in [0.2, 0.25) is 0 Å². The van der Waals surface area contributed by atoms with Gasteiger partial charge in [-0.05, 0) is 12.0 Å². The maximum Gasteiger partial charge on any atom is 0.258 e. The number of amidine groups is 1. The zero-order chi connectivity index (χ0) is 23.7. The number of rotatable bonds is 6. The number of nitrogens with one attached hydrogen (secondary N) is 1. The fourth-order valence-corrected chi connectivity index (χ4v) is 3.87. The van der Waals surface area contributed by atoms with Gasteiger partial charge in [0.05, 0.1) is 11.7 Å². The molecule has 1 saturated carbocycles. The molecule has 0 aliphatic heterocycles. The molecule has 4 radical (unpaired) electrons. The van der Waals surface area contributed by atoms with Crippen LogP contribution in [0.2, 0.25) is 4.34 Å². The van der Waals surface area contributed by atoms with E-state index in [2.05, 4.69) is 15.4 Å². The number of allylic oxidation sites excluding steroid dienone is 1. The standard InChI is InChI=1S/C18H17B2ClF2N6O2S/c19-18(20,31)29(25)28-14(24)10-3-1-9(2-4-10)13(11-5-6-17(22,23)7-11)15(30)27-16-26-8-12(21)32-16/h1-4,8,31H,5-7,25H2,(H2,24,28)(H,26,27,30)/b13-11+. The number of hydrazone groups is 1. The van der Waals surface area contributed by atoms with Crippen LogP contribution in [-0.2, 0) is 4.79 Å². The smallest absolute Gasteiger partial charge is 0.258 e. The second-order valence-electron chi connectivity index (χ2n) is 7.13. The highest BCUT2D eigenvalue weighted by atomic mass is 35.5. The molecule has 1 heterocycles. The van der Waals surface area contributed by atoms with E-state index in [0.29, 0.717) is 26.2 Å². The largest absolute Gasteiger partial charge is 0.386 e. The Morgan fingerprint density at radius 3 is 2.47 bits per heavy atom. The predicted octanol–water partition coefficient (Wildman–Crippen LogP) is 1.74. The van der Waals surface area contributed by atoms with Crippen LogP contribution < -0.4 is 16.9 Å². The second kappa shape index (κ2) is 9.18. The van der Waals surface area contributed by atoms with Crippen LogP contribution in [0.4, 0.5) is 13.9 Å². The number of nitrogens with two attached hydrogens (primary N) is 2. The summed E-state index contributed by atoms with van der Waals surface area (Å²) in [5.74, 6) is 1.82. The number of benzene rings is 1. The zero-order valence-electron chi connectivity index (χ0n) is 16.6. The highest BCUT2D eigenvalue weighted by Gasteiger charge is 2.38. The normalized spacial score (nSPS) is 17.8. The third-order valence-corrected chi connectivity index (χ3v) is 5.63. The van der Waals surface area contributed by atoms with Crippen LogP contribution in [0, 0.1) is 0 Å². The summed E-state index contributed by atoms with van der Waals surface area (Å²) in [5, 5.41) is 16.3. The molecule has 0 bridgehead atoms. The quantitative estimate of drug-likeness (QED) is 0.0956. The minimum absolute atomic E-state index is 0.0768. The van der Waals surface area contributed by atoms with E-state index >= 15 is 0 Å². The zero-order valence-corrected chi connectivity index (χ0v) is 18.1. The molecule has 1 aromatic carbocycles. The molecule has 3 rings (SSSR count).